The summed E-state index contributed by atoms with van der Waals surface area (Å²) < 4.78 is 11.0. The largest absolute Gasteiger partial charge is 0.449 e. The van der Waals surface area contributed by atoms with Crippen molar-refractivity contribution in [3.63, 3.8) is 0 Å². The van der Waals surface area contributed by atoms with Gasteiger partial charge >= 0.3 is 6.09 Å². The Labute approximate surface area is 156 Å². The molecule has 0 aliphatic carbocycles. The molecule has 6 nitrogen and oxygen atoms in total. The molecule has 1 saturated heterocycles. The Morgan fingerprint density at radius 2 is 1.65 bits per heavy atom. The maximum Gasteiger partial charge on any atom is 0.409 e. The molecule has 1 aromatic rings. The molecular weight excluding hydrogens is 332 g/mol. The van der Waals surface area contributed by atoms with Crippen LogP contribution in [0.1, 0.15) is 32.8 Å². The van der Waals surface area contributed by atoms with E-state index in [-0.39, 0.29) is 12.0 Å². The minimum absolute atomic E-state index is 0.0293. The zero-order valence-electron chi connectivity index (χ0n) is 16.0. The van der Waals surface area contributed by atoms with Crippen LogP contribution in [0.3, 0.4) is 0 Å². The van der Waals surface area contributed by atoms with Crippen LogP contribution in [-0.4, -0.2) is 60.7 Å². The molecule has 0 saturated carbocycles. The molecule has 6 heteroatoms. The summed E-state index contributed by atoms with van der Waals surface area (Å²) in [6.45, 7) is 8.87. The predicted molar refractivity (Wildman–Crippen MR) is 99.6 cm³/mol. The van der Waals surface area contributed by atoms with Crippen molar-refractivity contribution >= 4 is 12.0 Å². The molecule has 0 bridgehead atoms. The normalized spacial score (nSPS) is 16.3. The Hall–Kier alpha value is -2.08. The van der Waals surface area contributed by atoms with Crippen LogP contribution in [0.2, 0.25) is 0 Å². The van der Waals surface area contributed by atoms with Crippen LogP contribution in [-0.2, 0) is 20.9 Å². The van der Waals surface area contributed by atoms with Crippen molar-refractivity contribution < 1.29 is 19.1 Å². The van der Waals surface area contributed by atoms with Crippen molar-refractivity contribution in [3.05, 3.63) is 35.9 Å². The summed E-state index contributed by atoms with van der Waals surface area (Å²) in [4.78, 5) is 28.2. The van der Waals surface area contributed by atoms with Crippen LogP contribution < -0.4 is 0 Å². The van der Waals surface area contributed by atoms with E-state index >= 15 is 0 Å². The fourth-order valence-electron chi connectivity index (χ4n) is 2.77. The van der Waals surface area contributed by atoms with Gasteiger partial charge in [-0.1, -0.05) is 44.2 Å². The van der Waals surface area contributed by atoms with Gasteiger partial charge in [-0.25, -0.2) is 4.79 Å². The first kappa shape index (κ1) is 20.2. The first-order chi connectivity index (χ1) is 12.5. The summed E-state index contributed by atoms with van der Waals surface area (Å²) in [7, 11) is 0. The van der Waals surface area contributed by atoms with Crippen LogP contribution in [0.5, 0.6) is 0 Å². The number of carbonyl (C=O) groups is 2. The third-order valence-electron chi connectivity index (χ3n) is 4.30. The Balaban J connectivity index is 1.79. The summed E-state index contributed by atoms with van der Waals surface area (Å²) in [6, 6.07) is 9.81. The van der Waals surface area contributed by atoms with E-state index in [1.54, 1.807) is 16.7 Å². The van der Waals surface area contributed by atoms with Gasteiger partial charge in [0, 0.05) is 26.2 Å². The second-order valence-corrected chi connectivity index (χ2v) is 7.08. The first-order valence-electron chi connectivity index (χ1n) is 9.33. The summed E-state index contributed by atoms with van der Waals surface area (Å²) in [5.74, 6) is 0.282. The molecule has 144 valence electrons. The minimum Gasteiger partial charge on any atom is -0.449 e. The van der Waals surface area contributed by atoms with E-state index in [0.717, 1.165) is 12.0 Å². The SMILES string of the molecule is CC(C)COC(=O)N1CCCN(C(=O)C(C)OCc2ccccc2)CC1. The maximum atomic E-state index is 12.6. The Morgan fingerprint density at radius 3 is 2.35 bits per heavy atom. The van der Waals surface area contributed by atoms with E-state index in [1.807, 2.05) is 44.2 Å². The van der Waals surface area contributed by atoms with Crippen molar-refractivity contribution in [3.8, 4) is 0 Å². The second-order valence-electron chi connectivity index (χ2n) is 7.08. The van der Waals surface area contributed by atoms with Gasteiger partial charge < -0.3 is 19.3 Å². The molecular formula is C20H30N2O4. The number of benzene rings is 1. The van der Waals surface area contributed by atoms with Crippen LogP contribution in [0, 0.1) is 5.92 Å². The highest BCUT2D eigenvalue weighted by Crippen LogP contribution is 2.10. The first-order valence-corrected chi connectivity index (χ1v) is 9.33. The molecule has 2 amide bonds. The van der Waals surface area contributed by atoms with E-state index in [1.165, 1.54) is 0 Å². The molecule has 1 fully saturated rings. The second kappa shape index (κ2) is 10.2. The molecule has 0 radical (unpaired) electrons. The fourth-order valence-corrected chi connectivity index (χ4v) is 2.77. The van der Waals surface area contributed by atoms with E-state index in [2.05, 4.69) is 0 Å². The Morgan fingerprint density at radius 1 is 1.00 bits per heavy atom. The average molecular weight is 362 g/mol. The maximum absolute atomic E-state index is 12.6. The van der Waals surface area contributed by atoms with Gasteiger partial charge in [-0.05, 0) is 24.8 Å². The summed E-state index contributed by atoms with van der Waals surface area (Å²) >= 11 is 0. The summed E-state index contributed by atoms with van der Waals surface area (Å²) in [5, 5.41) is 0. The highest BCUT2D eigenvalue weighted by Gasteiger charge is 2.26. The van der Waals surface area contributed by atoms with Crippen LogP contribution in [0.25, 0.3) is 0 Å². The molecule has 1 aliphatic rings. The number of amides is 2. The molecule has 1 unspecified atom stereocenters. The van der Waals surface area contributed by atoms with E-state index in [0.29, 0.717) is 45.3 Å². The topological polar surface area (TPSA) is 59.1 Å². The molecule has 26 heavy (non-hydrogen) atoms. The van der Waals surface area contributed by atoms with E-state index in [4.69, 9.17) is 9.47 Å². The number of hydrogen-bond acceptors (Lipinski definition) is 4. The van der Waals surface area contributed by atoms with Crippen LogP contribution in [0.15, 0.2) is 30.3 Å². The highest BCUT2D eigenvalue weighted by molar-refractivity contribution is 5.80. The third kappa shape index (κ3) is 6.33. The van der Waals surface area contributed by atoms with Gasteiger partial charge in [0.1, 0.15) is 6.10 Å². The molecule has 1 atom stereocenters. The quantitative estimate of drug-likeness (QED) is 0.781. The van der Waals surface area contributed by atoms with Crippen LogP contribution >= 0.6 is 0 Å². The number of carbonyl (C=O) groups excluding carboxylic acids is 2. The lowest BCUT2D eigenvalue weighted by Crippen LogP contribution is -2.42. The molecule has 0 N–H and O–H groups in total. The van der Waals surface area contributed by atoms with Gasteiger partial charge in [-0.3, -0.25) is 4.79 Å². The zero-order valence-corrected chi connectivity index (χ0v) is 16.0. The number of rotatable bonds is 6. The van der Waals surface area contributed by atoms with Crippen molar-refractivity contribution in [2.45, 2.75) is 39.9 Å². The van der Waals surface area contributed by atoms with Crippen LogP contribution in [0.4, 0.5) is 4.79 Å². The molecule has 0 spiro atoms. The zero-order chi connectivity index (χ0) is 18.9. The van der Waals surface area contributed by atoms with Crippen molar-refractivity contribution in [1.82, 2.24) is 9.80 Å². The fraction of sp³-hybridized carbons (Fsp3) is 0.600. The van der Waals surface area contributed by atoms with E-state index < -0.39 is 6.10 Å². The van der Waals surface area contributed by atoms with Crippen molar-refractivity contribution in [2.75, 3.05) is 32.8 Å². The monoisotopic (exact) mass is 362 g/mol. The lowest BCUT2D eigenvalue weighted by atomic mass is 10.2. The predicted octanol–water partition coefficient (Wildman–Crippen LogP) is 2.92. The average Bonchev–Trinajstić information content (AvgIpc) is 2.90. The number of ether oxygens (including phenoxy) is 2. The van der Waals surface area contributed by atoms with E-state index in [9.17, 15) is 9.59 Å². The lowest BCUT2D eigenvalue weighted by molar-refractivity contribution is -0.143. The molecule has 1 heterocycles. The smallest absolute Gasteiger partial charge is 0.409 e. The van der Waals surface area contributed by atoms with Gasteiger partial charge in [0.2, 0.25) is 0 Å². The lowest BCUT2D eigenvalue weighted by Gasteiger charge is -2.24. The van der Waals surface area contributed by atoms with Crippen molar-refractivity contribution in [1.29, 1.82) is 0 Å². The molecule has 0 aromatic heterocycles. The Kier molecular flexibility index (Phi) is 7.91. The van der Waals surface area contributed by atoms with Crippen molar-refractivity contribution in [2.24, 2.45) is 5.92 Å². The summed E-state index contributed by atoms with van der Waals surface area (Å²) in [6.07, 6.45) is -0.0514. The van der Waals surface area contributed by atoms with Gasteiger partial charge in [-0.2, -0.15) is 0 Å². The molecule has 2 rings (SSSR count). The number of hydrogen-bond donors (Lipinski definition) is 0. The molecule has 1 aromatic carbocycles. The van der Waals surface area contributed by atoms with Gasteiger partial charge in [-0.15, -0.1) is 0 Å². The minimum atomic E-state index is -0.505. The number of nitrogens with zero attached hydrogens (tertiary/aromatic N) is 2. The standard InChI is InChI=1S/C20H30N2O4/c1-16(2)14-26-20(24)22-11-7-10-21(12-13-22)19(23)17(3)25-15-18-8-5-4-6-9-18/h4-6,8-9,16-17H,7,10-15H2,1-3H3. The van der Waals surface area contributed by atoms with Gasteiger partial charge in [0.25, 0.3) is 5.91 Å². The van der Waals surface area contributed by atoms with Gasteiger partial charge in [0.15, 0.2) is 0 Å². The van der Waals surface area contributed by atoms with Gasteiger partial charge in [0.05, 0.1) is 13.2 Å². The highest BCUT2D eigenvalue weighted by atomic mass is 16.6. The Bertz CT molecular complexity index is 576. The molecule has 1 aliphatic heterocycles. The summed E-state index contributed by atoms with van der Waals surface area (Å²) in [5.41, 5.74) is 1.04. The third-order valence-corrected chi connectivity index (χ3v) is 4.30.